The van der Waals surface area contributed by atoms with E-state index in [1.807, 2.05) is 0 Å². The quantitative estimate of drug-likeness (QED) is 0.543. The van der Waals surface area contributed by atoms with Crippen molar-refractivity contribution in [2.75, 3.05) is 14.2 Å². The van der Waals surface area contributed by atoms with Gasteiger partial charge in [-0.1, -0.05) is 0 Å². The SMILES string of the molecule is COC(=O)c1ccc(OC(=O)c2ccc(S(=O)(=O)C(F)F)cc2)c(OC)c1. The number of ether oxygens (including phenoxy) is 3. The number of sulfone groups is 1. The summed E-state index contributed by atoms with van der Waals surface area (Å²) in [6, 6.07) is 7.85. The zero-order valence-corrected chi connectivity index (χ0v) is 15.0. The van der Waals surface area contributed by atoms with Gasteiger partial charge in [0.25, 0.3) is 0 Å². The first kappa shape index (κ1) is 20.3. The van der Waals surface area contributed by atoms with Crippen LogP contribution in [0.2, 0.25) is 0 Å². The van der Waals surface area contributed by atoms with Gasteiger partial charge in [-0.3, -0.25) is 0 Å². The van der Waals surface area contributed by atoms with Crippen molar-refractivity contribution >= 4 is 21.8 Å². The maximum Gasteiger partial charge on any atom is 0.343 e. The van der Waals surface area contributed by atoms with Crippen molar-refractivity contribution < 1.29 is 41.0 Å². The molecule has 0 fully saturated rings. The minimum atomic E-state index is -4.75. The van der Waals surface area contributed by atoms with Gasteiger partial charge in [0.2, 0.25) is 9.84 Å². The maximum atomic E-state index is 12.5. The molecule has 0 aliphatic rings. The third-order valence-corrected chi connectivity index (χ3v) is 4.84. The molecular formula is C17H14F2O7S. The monoisotopic (exact) mass is 400 g/mol. The van der Waals surface area contributed by atoms with Crippen LogP contribution in [0.15, 0.2) is 47.4 Å². The van der Waals surface area contributed by atoms with Crippen LogP contribution in [0.5, 0.6) is 11.5 Å². The van der Waals surface area contributed by atoms with Gasteiger partial charge in [0, 0.05) is 0 Å². The summed E-state index contributed by atoms with van der Waals surface area (Å²) < 4.78 is 62.6. The molecule has 0 amide bonds. The van der Waals surface area contributed by atoms with Gasteiger partial charge in [0.1, 0.15) is 0 Å². The Morgan fingerprint density at radius 3 is 2.00 bits per heavy atom. The molecule has 2 rings (SSSR count). The summed E-state index contributed by atoms with van der Waals surface area (Å²) in [7, 11) is -2.24. The van der Waals surface area contributed by atoms with Crippen LogP contribution in [0.3, 0.4) is 0 Å². The van der Waals surface area contributed by atoms with Crippen molar-refractivity contribution in [2.45, 2.75) is 10.7 Å². The van der Waals surface area contributed by atoms with E-state index >= 15 is 0 Å². The summed E-state index contributed by atoms with van der Waals surface area (Å²) >= 11 is 0. The summed E-state index contributed by atoms with van der Waals surface area (Å²) in [6.45, 7) is 0. The minimum Gasteiger partial charge on any atom is -0.493 e. The first-order chi connectivity index (χ1) is 12.7. The molecule has 0 saturated carbocycles. The average Bonchev–Trinajstić information content (AvgIpc) is 2.67. The van der Waals surface area contributed by atoms with Gasteiger partial charge in [0.15, 0.2) is 11.5 Å². The largest absolute Gasteiger partial charge is 0.493 e. The maximum absolute atomic E-state index is 12.5. The van der Waals surface area contributed by atoms with Gasteiger partial charge in [0.05, 0.1) is 30.2 Å². The lowest BCUT2D eigenvalue weighted by atomic mass is 10.2. The first-order valence-corrected chi connectivity index (χ1v) is 8.86. The van der Waals surface area contributed by atoms with E-state index in [1.165, 1.54) is 32.4 Å². The molecule has 0 N–H and O–H groups in total. The van der Waals surface area contributed by atoms with E-state index in [0.717, 1.165) is 24.3 Å². The van der Waals surface area contributed by atoms with Gasteiger partial charge in [-0.15, -0.1) is 0 Å². The second kappa shape index (κ2) is 8.12. The zero-order valence-electron chi connectivity index (χ0n) is 14.1. The predicted octanol–water partition coefficient (Wildman–Crippen LogP) is 2.70. The third kappa shape index (κ3) is 4.40. The van der Waals surface area contributed by atoms with Crippen LogP contribution in [-0.4, -0.2) is 40.3 Å². The molecule has 0 aromatic heterocycles. The molecule has 0 atom stereocenters. The van der Waals surface area contributed by atoms with Crippen LogP contribution in [0.25, 0.3) is 0 Å². The molecule has 2 aromatic rings. The number of carbonyl (C=O) groups is 2. The lowest BCUT2D eigenvalue weighted by Gasteiger charge is -2.11. The highest BCUT2D eigenvalue weighted by Crippen LogP contribution is 2.29. The third-order valence-electron chi connectivity index (χ3n) is 3.44. The Balaban J connectivity index is 2.24. The highest BCUT2D eigenvalue weighted by Gasteiger charge is 2.26. The van der Waals surface area contributed by atoms with E-state index in [0.29, 0.717) is 0 Å². The Labute approximate surface area is 153 Å². The number of benzene rings is 2. The Hall–Kier alpha value is -3.01. The average molecular weight is 400 g/mol. The van der Waals surface area contributed by atoms with Crippen LogP contribution in [0.1, 0.15) is 20.7 Å². The number of rotatable bonds is 6. The summed E-state index contributed by atoms with van der Waals surface area (Å²) in [5.41, 5.74) is 0.109. The second-order valence-corrected chi connectivity index (χ2v) is 6.99. The minimum absolute atomic E-state index is 0.000526. The van der Waals surface area contributed by atoms with Crippen molar-refractivity contribution in [1.82, 2.24) is 0 Å². The number of methoxy groups -OCH3 is 2. The molecule has 0 aliphatic carbocycles. The number of carbonyl (C=O) groups excluding carboxylic acids is 2. The Bertz CT molecular complexity index is 954. The molecule has 0 radical (unpaired) electrons. The van der Waals surface area contributed by atoms with Gasteiger partial charge < -0.3 is 14.2 Å². The summed E-state index contributed by atoms with van der Waals surface area (Å²) in [5, 5.41) is 0. The highest BCUT2D eigenvalue weighted by molar-refractivity contribution is 7.91. The molecule has 27 heavy (non-hydrogen) atoms. The lowest BCUT2D eigenvalue weighted by molar-refractivity contribution is 0.0600. The van der Waals surface area contributed by atoms with E-state index in [-0.39, 0.29) is 22.6 Å². The second-order valence-electron chi connectivity index (χ2n) is 5.08. The Kier molecular flexibility index (Phi) is 6.11. The van der Waals surface area contributed by atoms with Gasteiger partial charge >= 0.3 is 17.7 Å². The van der Waals surface area contributed by atoms with E-state index in [9.17, 15) is 26.8 Å². The molecular weight excluding hydrogens is 386 g/mol. The topological polar surface area (TPSA) is 96.0 Å². The molecule has 0 heterocycles. The number of halogens is 2. The normalized spacial score (nSPS) is 11.1. The summed E-state index contributed by atoms with van der Waals surface area (Å²) in [5.74, 6) is -4.96. The number of esters is 2. The van der Waals surface area contributed by atoms with E-state index in [1.54, 1.807) is 0 Å². The molecule has 7 nitrogen and oxygen atoms in total. The Morgan fingerprint density at radius 1 is 0.889 bits per heavy atom. The molecule has 0 aliphatic heterocycles. The number of alkyl halides is 2. The fraction of sp³-hybridized carbons (Fsp3) is 0.176. The molecule has 10 heteroatoms. The van der Waals surface area contributed by atoms with Crippen LogP contribution >= 0.6 is 0 Å². The highest BCUT2D eigenvalue weighted by atomic mass is 32.2. The molecule has 0 spiro atoms. The molecule has 0 bridgehead atoms. The van der Waals surface area contributed by atoms with Crippen molar-refractivity contribution in [1.29, 1.82) is 0 Å². The number of hydrogen-bond donors (Lipinski definition) is 0. The van der Waals surface area contributed by atoms with Crippen LogP contribution in [-0.2, 0) is 14.6 Å². The lowest BCUT2D eigenvalue weighted by Crippen LogP contribution is -2.13. The Morgan fingerprint density at radius 2 is 1.48 bits per heavy atom. The van der Waals surface area contributed by atoms with Crippen molar-refractivity contribution in [3.05, 3.63) is 53.6 Å². The van der Waals surface area contributed by atoms with Crippen molar-refractivity contribution in [3.8, 4) is 11.5 Å². The standard InChI is InChI=1S/C17H14F2O7S/c1-24-14-9-11(15(20)25-2)5-8-13(14)26-16(21)10-3-6-12(7-4-10)27(22,23)17(18)19/h3-9,17H,1-2H3. The van der Waals surface area contributed by atoms with Crippen molar-refractivity contribution in [2.24, 2.45) is 0 Å². The van der Waals surface area contributed by atoms with E-state index < -0.39 is 32.4 Å². The van der Waals surface area contributed by atoms with Crippen LogP contribution < -0.4 is 9.47 Å². The van der Waals surface area contributed by atoms with E-state index in [4.69, 9.17) is 9.47 Å². The fourth-order valence-corrected chi connectivity index (χ4v) is 2.76. The van der Waals surface area contributed by atoms with E-state index in [2.05, 4.69) is 4.74 Å². The van der Waals surface area contributed by atoms with Crippen LogP contribution in [0, 0.1) is 0 Å². The van der Waals surface area contributed by atoms with Gasteiger partial charge in [-0.2, -0.15) is 8.78 Å². The summed E-state index contributed by atoms with van der Waals surface area (Å²) in [6.07, 6.45) is 0. The molecule has 0 unspecified atom stereocenters. The molecule has 2 aromatic carbocycles. The smallest absolute Gasteiger partial charge is 0.343 e. The van der Waals surface area contributed by atoms with Crippen LogP contribution in [0.4, 0.5) is 8.78 Å². The number of hydrogen-bond acceptors (Lipinski definition) is 7. The first-order valence-electron chi connectivity index (χ1n) is 7.31. The summed E-state index contributed by atoms with van der Waals surface area (Å²) in [4.78, 5) is 23.1. The molecule has 0 saturated heterocycles. The molecule has 144 valence electrons. The van der Waals surface area contributed by atoms with Gasteiger partial charge in [-0.25, -0.2) is 18.0 Å². The predicted molar refractivity (Wildman–Crippen MR) is 88.9 cm³/mol. The fourth-order valence-electron chi connectivity index (χ4n) is 2.04. The van der Waals surface area contributed by atoms with Gasteiger partial charge in [-0.05, 0) is 42.5 Å². The van der Waals surface area contributed by atoms with Crippen molar-refractivity contribution in [3.63, 3.8) is 0 Å². The zero-order chi connectivity index (χ0) is 20.2.